The van der Waals surface area contributed by atoms with Gasteiger partial charge in [0, 0.05) is 28.0 Å². The number of anilines is 1. The van der Waals surface area contributed by atoms with Gasteiger partial charge in [-0.1, -0.05) is 30.3 Å². The molecule has 0 atom stereocenters. The SMILES string of the molecule is O=C(Nc1nc(-c2ccccc2)cs1)c1c[nH]c2ccc(F)cc2c1=O. The van der Waals surface area contributed by atoms with Gasteiger partial charge in [-0.15, -0.1) is 11.3 Å². The van der Waals surface area contributed by atoms with Crippen molar-refractivity contribution in [1.82, 2.24) is 9.97 Å². The number of fused-ring (bicyclic) bond motifs is 1. The summed E-state index contributed by atoms with van der Waals surface area (Å²) >= 11 is 1.26. The van der Waals surface area contributed by atoms with Gasteiger partial charge in [-0.2, -0.15) is 0 Å². The number of pyridine rings is 1. The lowest BCUT2D eigenvalue weighted by molar-refractivity contribution is 0.102. The van der Waals surface area contributed by atoms with Crippen LogP contribution in [0.25, 0.3) is 22.2 Å². The fraction of sp³-hybridized carbons (Fsp3) is 0. The summed E-state index contributed by atoms with van der Waals surface area (Å²) in [5.74, 6) is -1.13. The number of rotatable bonds is 3. The normalized spacial score (nSPS) is 10.8. The maximum atomic E-state index is 13.4. The quantitative estimate of drug-likeness (QED) is 0.575. The molecule has 5 nitrogen and oxygen atoms in total. The van der Waals surface area contributed by atoms with Crippen LogP contribution in [-0.4, -0.2) is 15.9 Å². The molecule has 2 heterocycles. The number of aromatic nitrogens is 2. The number of carbonyl (C=O) groups excluding carboxylic acids is 1. The van der Waals surface area contributed by atoms with E-state index >= 15 is 0 Å². The van der Waals surface area contributed by atoms with Crippen molar-refractivity contribution in [3.05, 3.63) is 81.7 Å². The van der Waals surface area contributed by atoms with Gasteiger partial charge in [0.05, 0.1) is 5.69 Å². The van der Waals surface area contributed by atoms with Crippen molar-refractivity contribution < 1.29 is 9.18 Å². The highest BCUT2D eigenvalue weighted by atomic mass is 32.1. The second-order valence-corrected chi connectivity index (χ2v) is 6.44. The van der Waals surface area contributed by atoms with Gasteiger partial charge in [-0.25, -0.2) is 9.37 Å². The third kappa shape index (κ3) is 3.00. The Balaban J connectivity index is 1.63. The first-order valence-corrected chi connectivity index (χ1v) is 8.63. The number of halogens is 1. The lowest BCUT2D eigenvalue weighted by atomic mass is 10.1. The topological polar surface area (TPSA) is 74.8 Å². The highest BCUT2D eigenvalue weighted by molar-refractivity contribution is 7.14. The number of benzene rings is 2. The van der Waals surface area contributed by atoms with Crippen molar-refractivity contribution in [2.24, 2.45) is 0 Å². The summed E-state index contributed by atoms with van der Waals surface area (Å²) in [5, 5.41) is 4.96. The monoisotopic (exact) mass is 365 g/mol. The molecule has 4 aromatic rings. The van der Waals surface area contributed by atoms with E-state index in [1.54, 1.807) is 0 Å². The molecule has 26 heavy (non-hydrogen) atoms. The molecule has 4 rings (SSSR count). The van der Waals surface area contributed by atoms with Crippen molar-refractivity contribution >= 4 is 33.3 Å². The summed E-state index contributed by atoms with van der Waals surface area (Å²) in [6.45, 7) is 0. The second-order valence-electron chi connectivity index (χ2n) is 5.58. The van der Waals surface area contributed by atoms with Crippen molar-refractivity contribution in [3.8, 4) is 11.3 Å². The fourth-order valence-electron chi connectivity index (χ4n) is 2.60. The summed E-state index contributed by atoms with van der Waals surface area (Å²) in [5.41, 5.74) is 1.51. The van der Waals surface area contributed by atoms with Crippen molar-refractivity contribution in [3.63, 3.8) is 0 Å². The number of amides is 1. The molecular formula is C19H12FN3O2S. The first kappa shape index (κ1) is 16.2. The van der Waals surface area contributed by atoms with Crippen LogP contribution in [0.4, 0.5) is 9.52 Å². The molecule has 1 amide bonds. The third-order valence-corrected chi connectivity index (χ3v) is 4.64. The Labute approximate surface area is 151 Å². The van der Waals surface area contributed by atoms with E-state index in [1.807, 2.05) is 35.7 Å². The molecule has 0 bridgehead atoms. The van der Waals surface area contributed by atoms with Gasteiger partial charge in [-0.05, 0) is 18.2 Å². The Kier molecular flexibility index (Phi) is 4.06. The molecule has 2 aromatic heterocycles. The first-order chi connectivity index (χ1) is 12.6. The lowest BCUT2D eigenvalue weighted by Gasteiger charge is -2.03. The van der Waals surface area contributed by atoms with Gasteiger partial charge in [-0.3, -0.25) is 14.9 Å². The molecule has 2 aromatic carbocycles. The van der Waals surface area contributed by atoms with Crippen LogP contribution < -0.4 is 10.7 Å². The molecule has 0 aliphatic carbocycles. The standard InChI is InChI=1S/C19H12FN3O2S/c20-12-6-7-15-13(8-12)17(24)14(9-21-15)18(25)23-19-22-16(10-26-19)11-4-2-1-3-5-11/h1-10H,(H,21,24)(H,22,23,25). The van der Waals surface area contributed by atoms with Crippen LogP contribution in [0.5, 0.6) is 0 Å². The molecule has 0 saturated carbocycles. The Hall–Kier alpha value is -3.32. The predicted octanol–water partition coefficient (Wildman–Crippen LogP) is 4.04. The largest absolute Gasteiger partial charge is 0.360 e. The Morgan fingerprint density at radius 1 is 1.15 bits per heavy atom. The minimum Gasteiger partial charge on any atom is -0.360 e. The molecule has 0 aliphatic rings. The van der Waals surface area contributed by atoms with Crippen molar-refractivity contribution in [2.45, 2.75) is 0 Å². The summed E-state index contributed by atoms with van der Waals surface area (Å²) < 4.78 is 13.4. The smallest absolute Gasteiger partial charge is 0.262 e. The van der Waals surface area contributed by atoms with E-state index in [0.29, 0.717) is 10.6 Å². The number of nitrogens with zero attached hydrogens (tertiary/aromatic N) is 1. The van der Waals surface area contributed by atoms with Crippen molar-refractivity contribution in [2.75, 3.05) is 5.32 Å². The minimum atomic E-state index is -0.591. The molecule has 0 radical (unpaired) electrons. The predicted molar refractivity (Wildman–Crippen MR) is 100 cm³/mol. The van der Waals surface area contributed by atoms with Gasteiger partial charge in [0.25, 0.3) is 5.91 Å². The van der Waals surface area contributed by atoms with Crippen LogP contribution in [0.2, 0.25) is 0 Å². The maximum absolute atomic E-state index is 13.4. The maximum Gasteiger partial charge on any atom is 0.262 e. The summed E-state index contributed by atoms with van der Waals surface area (Å²) in [6, 6.07) is 13.4. The van der Waals surface area contributed by atoms with E-state index in [-0.39, 0.29) is 10.9 Å². The fourth-order valence-corrected chi connectivity index (χ4v) is 3.31. The molecule has 0 saturated heterocycles. The lowest BCUT2D eigenvalue weighted by Crippen LogP contribution is -2.22. The third-order valence-electron chi connectivity index (χ3n) is 3.88. The summed E-state index contributed by atoms with van der Waals surface area (Å²) in [6.07, 6.45) is 1.32. The van der Waals surface area contributed by atoms with Gasteiger partial charge in [0.2, 0.25) is 5.43 Å². The van der Waals surface area contributed by atoms with Gasteiger partial charge >= 0.3 is 0 Å². The van der Waals surface area contributed by atoms with Crippen LogP contribution in [0.15, 0.2) is 64.9 Å². The highest BCUT2D eigenvalue weighted by Gasteiger charge is 2.15. The molecule has 0 aliphatic heterocycles. The van der Waals surface area contributed by atoms with Crippen LogP contribution in [-0.2, 0) is 0 Å². The Bertz CT molecular complexity index is 1170. The average molecular weight is 365 g/mol. The highest BCUT2D eigenvalue weighted by Crippen LogP contribution is 2.24. The Morgan fingerprint density at radius 3 is 2.77 bits per heavy atom. The second kappa shape index (κ2) is 6.53. The molecule has 128 valence electrons. The Morgan fingerprint density at radius 2 is 1.96 bits per heavy atom. The van der Waals surface area contributed by atoms with E-state index in [9.17, 15) is 14.0 Å². The molecule has 7 heteroatoms. The summed E-state index contributed by atoms with van der Waals surface area (Å²) in [7, 11) is 0. The van der Waals surface area contributed by atoms with Crippen LogP contribution >= 0.6 is 11.3 Å². The average Bonchev–Trinajstić information content (AvgIpc) is 3.11. The van der Waals surface area contributed by atoms with Crippen LogP contribution in [0.1, 0.15) is 10.4 Å². The van der Waals surface area contributed by atoms with Crippen LogP contribution in [0.3, 0.4) is 0 Å². The number of thiazole rings is 1. The van der Waals surface area contributed by atoms with Gasteiger partial charge < -0.3 is 4.98 Å². The molecule has 0 spiro atoms. The zero-order valence-corrected chi connectivity index (χ0v) is 14.1. The minimum absolute atomic E-state index is 0.0976. The number of hydrogen-bond donors (Lipinski definition) is 2. The number of aromatic amines is 1. The van der Waals surface area contributed by atoms with E-state index in [4.69, 9.17) is 0 Å². The number of H-pyrrole nitrogens is 1. The molecule has 0 fully saturated rings. The van der Waals surface area contributed by atoms with E-state index in [2.05, 4.69) is 15.3 Å². The summed E-state index contributed by atoms with van der Waals surface area (Å²) in [4.78, 5) is 32.1. The van der Waals surface area contributed by atoms with Crippen LogP contribution in [0, 0.1) is 5.82 Å². The van der Waals surface area contributed by atoms with E-state index in [0.717, 1.165) is 17.3 Å². The van der Waals surface area contributed by atoms with Gasteiger partial charge in [0.15, 0.2) is 5.13 Å². The molecule has 2 N–H and O–H groups in total. The van der Waals surface area contributed by atoms with Crippen molar-refractivity contribution in [1.29, 1.82) is 0 Å². The first-order valence-electron chi connectivity index (χ1n) is 7.75. The van der Waals surface area contributed by atoms with E-state index < -0.39 is 17.2 Å². The van der Waals surface area contributed by atoms with Gasteiger partial charge in [0.1, 0.15) is 11.4 Å². The van der Waals surface area contributed by atoms with E-state index in [1.165, 1.54) is 29.7 Å². The number of nitrogens with one attached hydrogen (secondary N) is 2. The number of carbonyl (C=O) groups is 1. The molecule has 0 unspecified atom stereocenters. The zero-order valence-electron chi connectivity index (χ0n) is 13.3. The number of hydrogen-bond acceptors (Lipinski definition) is 4. The molecular weight excluding hydrogens is 353 g/mol. The zero-order chi connectivity index (χ0) is 18.1.